The molecule has 1 aliphatic heterocycles. The number of hydrogen-bond acceptors (Lipinski definition) is 3. The van der Waals surface area contributed by atoms with Gasteiger partial charge in [-0.05, 0) is 33.6 Å². The molecule has 0 spiro atoms. The first-order valence-electron chi connectivity index (χ1n) is 7.72. The number of rotatable bonds is 4. The normalized spacial score (nSPS) is 17.6. The molecule has 0 aliphatic carbocycles. The number of halogens is 4. The Hall–Kier alpha value is -2.29. The van der Waals surface area contributed by atoms with E-state index in [4.69, 9.17) is 4.42 Å². The van der Waals surface area contributed by atoms with Gasteiger partial charge in [-0.2, -0.15) is 13.2 Å². The summed E-state index contributed by atoms with van der Waals surface area (Å²) in [4.78, 5) is 25.6. The van der Waals surface area contributed by atoms with E-state index in [1.807, 2.05) is 0 Å². The van der Waals surface area contributed by atoms with Gasteiger partial charge >= 0.3 is 6.18 Å². The number of benzene rings is 1. The summed E-state index contributed by atoms with van der Waals surface area (Å²) in [5, 5.41) is 2.67. The third kappa shape index (κ3) is 3.92. The SMILES string of the molecule is O=C(NC1CC(=O)N(Cc2ccccc2C(F)(F)F)C1)c1occc1Br. The van der Waals surface area contributed by atoms with Gasteiger partial charge in [-0.25, -0.2) is 0 Å². The predicted molar refractivity (Wildman–Crippen MR) is 89.1 cm³/mol. The molecular weight excluding hydrogens is 417 g/mol. The van der Waals surface area contributed by atoms with Crippen LogP contribution in [0.5, 0.6) is 0 Å². The molecule has 1 saturated heterocycles. The first-order chi connectivity index (χ1) is 12.3. The van der Waals surface area contributed by atoms with Crippen molar-refractivity contribution >= 4 is 27.7 Å². The Balaban J connectivity index is 1.68. The minimum atomic E-state index is -4.49. The lowest BCUT2D eigenvalue weighted by molar-refractivity contribution is -0.139. The van der Waals surface area contributed by atoms with Gasteiger partial charge in [0.05, 0.1) is 22.3 Å². The first kappa shape index (κ1) is 18.5. The van der Waals surface area contributed by atoms with Crippen molar-refractivity contribution < 1.29 is 27.2 Å². The summed E-state index contributed by atoms with van der Waals surface area (Å²) >= 11 is 3.17. The van der Waals surface area contributed by atoms with Crippen molar-refractivity contribution in [3.8, 4) is 0 Å². The van der Waals surface area contributed by atoms with E-state index in [1.54, 1.807) is 6.07 Å². The molecule has 1 atom stereocenters. The first-order valence-corrected chi connectivity index (χ1v) is 8.51. The third-order valence-electron chi connectivity index (χ3n) is 4.06. The Morgan fingerprint density at radius 3 is 2.69 bits per heavy atom. The highest BCUT2D eigenvalue weighted by molar-refractivity contribution is 9.10. The number of hydrogen-bond donors (Lipinski definition) is 1. The molecule has 9 heteroatoms. The average molecular weight is 431 g/mol. The monoisotopic (exact) mass is 430 g/mol. The Kier molecular flexibility index (Phi) is 5.08. The molecule has 1 aliphatic rings. The van der Waals surface area contributed by atoms with E-state index in [0.717, 1.165) is 6.07 Å². The van der Waals surface area contributed by atoms with Crippen LogP contribution in [0.3, 0.4) is 0 Å². The minimum Gasteiger partial charge on any atom is -0.458 e. The fourth-order valence-corrected chi connectivity index (χ4v) is 3.25. The minimum absolute atomic E-state index is 0.0223. The second-order valence-corrected chi connectivity index (χ2v) is 6.76. The lowest BCUT2D eigenvalue weighted by Crippen LogP contribution is -2.37. The number of alkyl halides is 3. The molecule has 0 bridgehead atoms. The van der Waals surface area contributed by atoms with Gasteiger partial charge in [0, 0.05) is 19.5 Å². The number of carbonyl (C=O) groups is 2. The van der Waals surface area contributed by atoms with E-state index in [1.165, 1.54) is 29.4 Å². The van der Waals surface area contributed by atoms with E-state index in [0.29, 0.717) is 4.47 Å². The zero-order valence-corrected chi connectivity index (χ0v) is 14.9. The number of likely N-dealkylation sites (tertiary alicyclic amines) is 1. The van der Waals surface area contributed by atoms with Crippen LogP contribution in [0.2, 0.25) is 0 Å². The van der Waals surface area contributed by atoms with E-state index < -0.39 is 23.7 Å². The predicted octanol–water partition coefficient (Wildman–Crippen LogP) is 3.59. The standard InChI is InChI=1S/C17H14BrF3N2O3/c18-13-5-6-26-15(13)16(25)22-11-7-14(24)23(9-11)8-10-3-1-2-4-12(10)17(19,20)21/h1-6,11H,7-9H2,(H,22,25). The molecule has 1 aromatic heterocycles. The molecular formula is C17H14BrF3N2O3. The number of amides is 2. The largest absolute Gasteiger partial charge is 0.458 e. The van der Waals surface area contributed by atoms with Gasteiger partial charge < -0.3 is 14.6 Å². The van der Waals surface area contributed by atoms with E-state index in [9.17, 15) is 22.8 Å². The van der Waals surface area contributed by atoms with Crippen LogP contribution in [0.4, 0.5) is 13.2 Å². The van der Waals surface area contributed by atoms with Gasteiger partial charge in [-0.1, -0.05) is 18.2 Å². The smallest absolute Gasteiger partial charge is 0.416 e. The second-order valence-electron chi connectivity index (χ2n) is 5.90. The Morgan fingerprint density at radius 2 is 2.04 bits per heavy atom. The topological polar surface area (TPSA) is 62.6 Å². The number of nitrogens with one attached hydrogen (secondary N) is 1. The number of furan rings is 1. The summed E-state index contributed by atoms with van der Waals surface area (Å²) in [6.07, 6.45) is -3.12. The molecule has 0 radical (unpaired) electrons. The molecule has 138 valence electrons. The Bertz CT molecular complexity index is 835. The summed E-state index contributed by atoms with van der Waals surface area (Å²) < 4.78 is 44.8. The highest BCUT2D eigenvalue weighted by Gasteiger charge is 2.36. The van der Waals surface area contributed by atoms with Gasteiger partial charge in [-0.3, -0.25) is 9.59 Å². The quantitative estimate of drug-likeness (QED) is 0.805. The van der Waals surface area contributed by atoms with Gasteiger partial charge in [0.2, 0.25) is 11.7 Å². The van der Waals surface area contributed by atoms with Crippen LogP contribution < -0.4 is 5.32 Å². The van der Waals surface area contributed by atoms with Crippen molar-refractivity contribution in [2.24, 2.45) is 0 Å². The fraction of sp³-hybridized carbons (Fsp3) is 0.294. The maximum Gasteiger partial charge on any atom is 0.416 e. The van der Waals surface area contributed by atoms with Crippen LogP contribution >= 0.6 is 15.9 Å². The third-order valence-corrected chi connectivity index (χ3v) is 4.68. The van der Waals surface area contributed by atoms with Gasteiger partial charge in [-0.15, -0.1) is 0 Å². The summed E-state index contributed by atoms with van der Waals surface area (Å²) in [6, 6.07) is 6.21. The molecule has 3 rings (SSSR count). The van der Waals surface area contributed by atoms with Gasteiger partial charge in [0.1, 0.15) is 0 Å². The zero-order chi connectivity index (χ0) is 18.9. The van der Waals surface area contributed by atoms with Crippen molar-refractivity contribution in [2.45, 2.75) is 25.2 Å². The van der Waals surface area contributed by atoms with E-state index in [-0.39, 0.29) is 36.7 Å². The molecule has 26 heavy (non-hydrogen) atoms. The molecule has 2 heterocycles. The second kappa shape index (κ2) is 7.14. The molecule has 2 aromatic rings. The average Bonchev–Trinajstić information content (AvgIpc) is 3.13. The highest BCUT2D eigenvalue weighted by Crippen LogP contribution is 2.33. The Labute approximate surface area is 155 Å². The maximum atomic E-state index is 13.1. The summed E-state index contributed by atoms with van der Waals surface area (Å²) in [6.45, 7) is -0.0274. The summed E-state index contributed by atoms with van der Waals surface area (Å²) in [7, 11) is 0. The van der Waals surface area contributed by atoms with Crippen LogP contribution in [0, 0.1) is 0 Å². The molecule has 0 saturated carbocycles. The van der Waals surface area contributed by atoms with Crippen LogP contribution in [0.25, 0.3) is 0 Å². The fourth-order valence-electron chi connectivity index (χ4n) is 2.87. The molecule has 1 aromatic carbocycles. The van der Waals surface area contributed by atoms with Crippen LogP contribution in [0.15, 0.2) is 45.5 Å². The van der Waals surface area contributed by atoms with Crippen LogP contribution in [-0.2, 0) is 17.5 Å². The van der Waals surface area contributed by atoms with Crippen molar-refractivity contribution in [1.29, 1.82) is 0 Å². The molecule has 1 fully saturated rings. The highest BCUT2D eigenvalue weighted by atomic mass is 79.9. The number of nitrogens with zero attached hydrogens (tertiary/aromatic N) is 1. The van der Waals surface area contributed by atoms with Crippen molar-refractivity contribution in [1.82, 2.24) is 10.2 Å². The summed E-state index contributed by atoms with van der Waals surface area (Å²) in [5.41, 5.74) is -0.742. The van der Waals surface area contributed by atoms with Crippen LogP contribution in [-0.4, -0.2) is 29.3 Å². The van der Waals surface area contributed by atoms with Crippen LogP contribution in [0.1, 0.15) is 28.1 Å². The lowest BCUT2D eigenvalue weighted by Gasteiger charge is -2.20. The molecule has 1 unspecified atom stereocenters. The van der Waals surface area contributed by atoms with Crippen molar-refractivity contribution in [3.63, 3.8) is 0 Å². The molecule has 2 amide bonds. The summed E-state index contributed by atoms with van der Waals surface area (Å²) in [5.74, 6) is -0.721. The Morgan fingerprint density at radius 1 is 1.31 bits per heavy atom. The number of carbonyl (C=O) groups excluding carboxylic acids is 2. The molecule has 5 nitrogen and oxygen atoms in total. The van der Waals surface area contributed by atoms with E-state index in [2.05, 4.69) is 21.2 Å². The van der Waals surface area contributed by atoms with Gasteiger partial charge in [0.25, 0.3) is 5.91 Å². The molecule has 1 N–H and O–H groups in total. The lowest BCUT2D eigenvalue weighted by atomic mass is 10.1. The van der Waals surface area contributed by atoms with Crippen molar-refractivity contribution in [2.75, 3.05) is 6.54 Å². The zero-order valence-electron chi connectivity index (χ0n) is 13.3. The van der Waals surface area contributed by atoms with E-state index >= 15 is 0 Å². The van der Waals surface area contributed by atoms with Gasteiger partial charge in [0.15, 0.2) is 0 Å². The van der Waals surface area contributed by atoms with Crippen molar-refractivity contribution in [3.05, 3.63) is 58.0 Å². The maximum absolute atomic E-state index is 13.1.